The predicted octanol–water partition coefficient (Wildman–Crippen LogP) is 2.12. The average molecular weight is 334 g/mol. The van der Waals surface area contributed by atoms with Crippen LogP contribution in [0.15, 0.2) is 25.7 Å². The minimum absolute atomic E-state index is 0.223. The van der Waals surface area contributed by atoms with E-state index >= 15 is 0 Å². The zero-order chi connectivity index (χ0) is 10.8. The van der Waals surface area contributed by atoms with Crippen molar-refractivity contribution in [3.63, 3.8) is 0 Å². The summed E-state index contributed by atoms with van der Waals surface area (Å²) in [6.45, 7) is 0.223. The van der Waals surface area contributed by atoms with Crippen molar-refractivity contribution < 1.29 is 4.52 Å². The van der Waals surface area contributed by atoms with Gasteiger partial charge in [0.1, 0.15) is 5.69 Å². The minimum Gasteiger partial charge on any atom is -0.338 e. The van der Waals surface area contributed by atoms with E-state index < -0.39 is 0 Å². The first-order valence-electron chi connectivity index (χ1n) is 4.05. The van der Waals surface area contributed by atoms with Crippen LogP contribution in [0.4, 0.5) is 0 Å². The van der Waals surface area contributed by atoms with E-state index in [1.54, 1.807) is 6.20 Å². The second-order valence-corrected chi connectivity index (χ2v) is 4.47. The lowest BCUT2D eigenvalue weighted by atomic mass is 10.3. The van der Waals surface area contributed by atoms with Crippen LogP contribution in [0, 0.1) is 0 Å². The first-order chi connectivity index (χ1) is 7.20. The third-order valence-electron chi connectivity index (χ3n) is 1.66. The number of aromatic nitrogens is 3. The normalized spacial score (nSPS) is 10.6. The van der Waals surface area contributed by atoms with Gasteiger partial charge in [-0.15, -0.1) is 0 Å². The van der Waals surface area contributed by atoms with Gasteiger partial charge in [0.2, 0.25) is 11.7 Å². The number of hydrogen-bond donors (Lipinski definition) is 1. The molecule has 0 aliphatic heterocycles. The Balaban J connectivity index is 2.44. The van der Waals surface area contributed by atoms with Crippen LogP contribution in [0.2, 0.25) is 0 Å². The van der Waals surface area contributed by atoms with E-state index in [1.807, 2.05) is 6.07 Å². The Morgan fingerprint density at radius 2 is 2.20 bits per heavy atom. The van der Waals surface area contributed by atoms with Gasteiger partial charge in [-0.3, -0.25) is 4.98 Å². The number of pyridine rings is 1. The van der Waals surface area contributed by atoms with Gasteiger partial charge in [-0.1, -0.05) is 5.16 Å². The number of nitrogens with zero attached hydrogens (tertiary/aromatic N) is 3. The molecule has 0 atom stereocenters. The maximum atomic E-state index is 5.37. The zero-order valence-electron chi connectivity index (χ0n) is 7.44. The van der Waals surface area contributed by atoms with Crippen LogP contribution in [0.1, 0.15) is 5.89 Å². The van der Waals surface area contributed by atoms with E-state index in [0.717, 1.165) is 8.95 Å². The van der Waals surface area contributed by atoms with Crippen molar-refractivity contribution in [2.75, 3.05) is 0 Å². The Labute approximate surface area is 102 Å². The molecule has 7 heteroatoms. The number of hydrogen-bond acceptors (Lipinski definition) is 5. The summed E-state index contributed by atoms with van der Waals surface area (Å²) >= 11 is 6.68. The van der Waals surface area contributed by atoms with E-state index in [9.17, 15) is 0 Å². The van der Waals surface area contributed by atoms with Crippen LogP contribution in [0.3, 0.4) is 0 Å². The monoisotopic (exact) mass is 332 g/mol. The molecule has 0 amide bonds. The quantitative estimate of drug-likeness (QED) is 0.910. The first kappa shape index (κ1) is 10.7. The van der Waals surface area contributed by atoms with Crippen LogP contribution in [-0.2, 0) is 6.54 Å². The maximum absolute atomic E-state index is 5.37. The Bertz CT molecular complexity index is 485. The van der Waals surface area contributed by atoms with Gasteiger partial charge in [0.15, 0.2) is 0 Å². The van der Waals surface area contributed by atoms with Crippen LogP contribution < -0.4 is 5.73 Å². The summed E-state index contributed by atoms with van der Waals surface area (Å²) in [4.78, 5) is 8.26. The van der Waals surface area contributed by atoms with Crippen LogP contribution in [-0.4, -0.2) is 15.1 Å². The van der Waals surface area contributed by atoms with Gasteiger partial charge in [0.05, 0.1) is 6.54 Å². The topological polar surface area (TPSA) is 77.8 Å². The van der Waals surface area contributed by atoms with Crippen molar-refractivity contribution in [2.45, 2.75) is 6.54 Å². The molecule has 0 unspecified atom stereocenters. The third-order valence-corrected chi connectivity index (χ3v) is 2.70. The molecule has 2 aromatic rings. The standard InChI is InChI=1S/C8H6Br2N4O/c9-4-1-5(10)7(12-3-4)8-13-6(2-11)15-14-8/h1,3H,2,11H2. The summed E-state index contributed by atoms with van der Waals surface area (Å²) in [7, 11) is 0. The second kappa shape index (κ2) is 4.38. The summed E-state index contributed by atoms with van der Waals surface area (Å²) in [5.74, 6) is 0.816. The summed E-state index contributed by atoms with van der Waals surface area (Å²) in [5, 5.41) is 3.77. The highest BCUT2D eigenvalue weighted by Gasteiger charge is 2.12. The molecule has 0 radical (unpaired) electrons. The van der Waals surface area contributed by atoms with Crippen LogP contribution in [0.5, 0.6) is 0 Å². The largest absolute Gasteiger partial charge is 0.338 e. The fraction of sp³-hybridized carbons (Fsp3) is 0.125. The van der Waals surface area contributed by atoms with E-state index in [2.05, 4.69) is 47.0 Å². The highest BCUT2D eigenvalue weighted by molar-refractivity contribution is 9.11. The molecule has 0 aromatic carbocycles. The lowest BCUT2D eigenvalue weighted by Crippen LogP contribution is -1.96. The van der Waals surface area contributed by atoms with Crippen LogP contribution in [0.25, 0.3) is 11.5 Å². The minimum atomic E-state index is 0.223. The summed E-state index contributed by atoms with van der Waals surface area (Å²) < 4.78 is 6.56. The highest BCUT2D eigenvalue weighted by atomic mass is 79.9. The van der Waals surface area contributed by atoms with Gasteiger partial charge in [-0.05, 0) is 37.9 Å². The SMILES string of the molecule is NCc1nc(-c2ncc(Br)cc2Br)no1. The van der Waals surface area contributed by atoms with E-state index in [-0.39, 0.29) is 6.54 Å². The Hall–Kier alpha value is -0.790. The van der Waals surface area contributed by atoms with E-state index in [0.29, 0.717) is 17.4 Å². The molecule has 0 saturated heterocycles. The maximum Gasteiger partial charge on any atom is 0.240 e. The van der Waals surface area contributed by atoms with Crippen molar-refractivity contribution in [2.24, 2.45) is 5.73 Å². The Morgan fingerprint density at radius 3 is 2.80 bits per heavy atom. The number of rotatable bonds is 2. The predicted molar refractivity (Wildman–Crippen MR) is 60.8 cm³/mol. The lowest BCUT2D eigenvalue weighted by molar-refractivity contribution is 0.380. The third kappa shape index (κ3) is 2.24. The van der Waals surface area contributed by atoms with Gasteiger partial charge >= 0.3 is 0 Å². The smallest absolute Gasteiger partial charge is 0.240 e. The highest BCUT2D eigenvalue weighted by Crippen LogP contribution is 2.26. The molecule has 0 aliphatic carbocycles. The van der Waals surface area contributed by atoms with E-state index in [1.165, 1.54) is 0 Å². The molecular weight excluding hydrogens is 328 g/mol. The molecule has 0 saturated carbocycles. The summed E-state index contributed by atoms with van der Waals surface area (Å²) in [6.07, 6.45) is 1.67. The Morgan fingerprint density at radius 1 is 1.40 bits per heavy atom. The van der Waals surface area contributed by atoms with Gasteiger partial charge in [-0.2, -0.15) is 4.98 Å². The molecule has 78 valence electrons. The van der Waals surface area contributed by atoms with Gasteiger partial charge < -0.3 is 10.3 Å². The van der Waals surface area contributed by atoms with Crippen molar-refractivity contribution in [1.82, 2.24) is 15.1 Å². The zero-order valence-corrected chi connectivity index (χ0v) is 10.6. The fourth-order valence-corrected chi connectivity index (χ4v) is 2.18. The molecule has 0 bridgehead atoms. The van der Waals surface area contributed by atoms with Gasteiger partial charge in [0.25, 0.3) is 0 Å². The molecule has 0 fully saturated rings. The molecular formula is C8H6Br2N4O. The van der Waals surface area contributed by atoms with Crippen LogP contribution >= 0.6 is 31.9 Å². The lowest BCUT2D eigenvalue weighted by Gasteiger charge is -1.97. The molecule has 0 spiro atoms. The molecule has 2 N–H and O–H groups in total. The fourth-order valence-electron chi connectivity index (χ4n) is 1.01. The Kier molecular flexibility index (Phi) is 3.13. The molecule has 0 aliphatic rings. The van der Waals surface area contributed by atoms with Gasteiger partial charge in [0, 0.05) is 15.1 Å². The van der Waals surface area contributed by atoms with Crippen molar-refractivity contribution >= 4 is 31.9 Å². The molecule has 5 nitrogen and oxygen atoms in total. The number of halogens is 2. The van der Waals surface area contributed by atoms with Crippen molar-refractivity contribution in [1.29, 1.82) is 0 Å². The van der Waals surface area contributed by atoms with Crippen molar-refractivity contribution in [3.8, 4) is 11.5 Å². The molecule has 15 heavy (non-hydrogen) atoms. The summed E-state index contributed by atoms with van der Waals surface area (Å²) in [5.41, 5.74) is 5.99. The first-order valence-corrected chi connectivity index (χ1v) is 5.63. The molecule has 2 aromatic heterocycles. The molecule has 2 rings (SSSR count). The van der Waals surface area contributed by atoms with Crippen molar-refractivity contribution in [3.05, 3.63) is 27.1 Å². The second-order valence-electron chi connectivity index (χ2n) is 2.70. The molecule has 2 heterocycles. The van der Waals surface area contributed by atoms with E-state index in [4.69, 9.17) is 10.3 Å². The number of nitrogens with two attached hydrogens (primary N) is 1. The summed E-state index contributed by atoms with van der Waals surface area (Å²) in [6, 6.07) is 1.86. The van der Waals surface area contributed by atoms with Gasteiger partial charge in [-0.25, -0.2) is 0 Å². The average Bonchev–Trinajstić information content (AvgIpc) is 2.66.